The van der Waals surface area contributed by atoms with E-state index in [1.54, 1.807) is 18.4 Å². The summed E-state index contributed by atoms with van der Waals surface area (Å²) < 4.78 is 10.8. The van der Waals surface area contributed by atoms with Crippen LogP contribution in [0.2, 0.25) is 0 Å². The number of nitrogens with zero attached hydrogens (tertiary/aromatic N) is 1. The summed E-state index contributed by atoms with van der Waals surface area (Å²) in [7, 11) is 0. The highest BCUT2D eigenvalue weighted by molar-refractivity contribution is 5.94. The molecule has 1 aromatic carbocycles. The van der Waals surface area contributed by atoms with Crippen molar-refractivity contribution in [3.8, 4) is 0 Å². The van der Waals surface area contributed by atoms with Gasteiger partial charge >= 0.3 is 0 Å². The van der Waals surface area contributed by atoms with Crippen LogP contribution in [0.3, 0.4) is 0 Å². The van der Waals surface area contributed by atoms with Crippen LogP contribution in [0, 0.1) is 5.41 Å². The molecule has 31 heavy (non-hydrogen) atoms. The summed E-state index contributed by atoms with van der Waals surface area (Å²) in [6.07, 6.45) is 3.21. The molecule has 0 bridgehead atoms. The van der Waals surface area contributed by atoms with Gasteiger partial charge in [-0.05, 0) is 49.6 Å². The van der Waals surface area contributed by atoms with Gasteiger partial charge in [0.25, 0.3) is 5.91 Å². The van der Waals surface area contributed by atoms with E-state index in [0.717, 1.165) is 25.1 Å². The topological polar surface area (TPSA) is 108 Å². The smallest absolute Gasteiger partial charge is 0.251 e. The maximum absolute atomic E-state index is 12.4. The molecular weight excluding hydrogens is 396 g/mol. The molecule has 1 aliphatic rings. The van der Waals surface area contributed by atoms with Gasteiger partial charge in [-0.1, -0.05) is 12.1 Å². The van der Waals surface area contributed by atoms with Crippen LogP contribution < -0.4 is 16.0 Å². The zero-order valence-corrected chi connectivity index (χ0v) is 18.0. The van der Waals surface area contributed by atoms with Gasteiger partial charge in [0.05, 0.1) is 26.0 Å². The molecule has 2 aromatic rings. The molecule has 8 nitrogen and oxygen atoms in total. The Kier molecular flexibility index (Phi) is 8.49. The van der Waals surface area contributed by atoms with E-state index in [9.17, 15) is 9.90 Å². The summed E-state index contributed by atoms with van der Waals surface area (Å²) in [5.74, 6) is 1.26. The standard InChI is InChI=1S/C23H32N4O4/c1-2-24-22(27-16-23(8-10-28)9-12-30-17-23)26-14-18-5-3-6-19(13-18)21(29)25-15-20-7-4-11-31-20/h3-7,11,13,28H,2,8-10,12,14-17H2,1H3,(H,25,29)(H2,24,26,27). The number of benzene rings is 1. The summed E-state index contributed by atoms with van der Waals surface area (Å²) >= 11 is 0. The summed E-state index contributed by atoms with van der Waals surface area (Å²) in [6.45, 7) is 5.76. The Hall–Kier alpha value is -2.84. The van der Waals surface area contributed by atoms with E-state index in [2.05, 4.69) is 20.9 Å². The van der Waals surface area contributed by atoms with Crippen molar-refractivity contribution in [3.05, 3.63) is 59.5 Å². The molecule has 0 spiro atoms. The minimum absolute atomic E-state index is 0.0586. The molecule has 0 radical (unpaired) electrons. The van der Waals surface area contributed by atoms with Gasteiger partial charge in [0.15, 0.2) is 5.96 Å². The van der Waals surface area contributed by atoms with Crippen LogP contribution in [-0.2, 0) is 17.8 Å². The maximum atomic E-state index is 12.4. The number of carbonyl (C=O) groups excluding carboxylic acids is 1. The lowest BCUT2D eigenvalue weighted by atomic mass is 9.84. The third-order valence-electron chi connectivity index (χ3n) is 5.41. The number of furan rings is 1. The van der Waals surface area contributed by atoms with Crippen molar-refractivity contribution in [2.45, 2.75) is 32.9 Å². The predicted octanol–water partition coefficient (Wildman–Crippen LogP) is 2.05. The Morgan fingerprint density at radius 3 is 2.84 bits per heavy atom. The third-order valence-corrected chi connectivity index (χ3v) is 5.41. The predicted molar refractivity (Wildman–Crippen MR) is 119 cm³/mol. The highest BCUT2D eigenvalue weighted by Gasteiger charge is 2.34. The van der Waals surface area contributed by atoms with Gasteiger partial charge in [0.1, 0.15) is 5.76 Å². The normalized spacial score (nSPS) is 18.7. The minimum Gasteiger partial charge on any atom is -0.467 e. The van der Waals surface area contributed by atoms with Crippen molar-refractivity contribution >= 4 is 11.9 Å². The van der Waals surface area contributed by atoms with E-state index in [0.29, 0.717) is 49.9 Å². The fourth-order valence-electron chi connectivity index (χ4n) is 3.59. The van der Waals surface area contributed by atoms with E-state index in [1.165, 1.54) is 0 Å². The zero-order chi connectivity index (χ0) is 21.9. The number of hydrogen-bond acceptors (Lipinski definition) is 5. The molecule has 1 fully saturated rings. The lowest BCUT2D eigenvalue weighted by molar-refractivity contribution is 0.0948. The van der Waals surface area contributed by atoms with Crippen molar-refractivity contribution in [1.29, 1.82) is 0 Å². The quantitative estimate of drug-likeness (QED) is 0.341. The van der Waals surface area contributed by atoms with E-state index < -0.39 is 0 Å². The molecule has 2 heterocycles. The molecule has 168 valence electrons. The fraction of sp³-hybridized carbons (Fsp3) is 0.478. The molecule has 1 aliphatic heterocycles. The Labute approximate surface area is 183 Å². The number of nitrogens with one attached hydrogen (secondary N) is 3. The first-order chi connectivity index (χ1) is 15.1. The second kappa shape index (κ2) is 11.5. The summed E-state index contributed by atoms with van der Waals surface area (Å²) in [6, 6.07) is 11.1. The van der Waals surface area contributed by atoms with Crippen LogP contribution in [0.15, 0.2) is 52.1 Å². The average Bonchev–Trinajstić information content (AvgIpc) is 3.47. The monoisotopic (exact) mass is 428 g/mol. The van der Waals surface area contributed by atoms with Gasteiger partial charge < -0.3 is 30.2 Å². The van der Waals surface area contributed by atoms with Crippen LogP contribution in [0.1, 0.15) is 41.4 Å². The van der Waals surface area contributed by atoms with E-state index in [-0.39, 0.29) is 17.9 Å². The second-order valence-corrected chi connectivity index (χ2v) is 7.79. The number of ether oxygens (including phenoxy) is 1. The molecule has 1 aromatic heterocycles. The van der Waals surface area contributed by atoms with E-state index >= 15 is 0 Å². The molecule has 8 heteroatoms. The minimum atomic E-state index is -0.153. The molecular formula is C23H32N4O4. The maximum Gasteiger partial charge on any atom is 0.251 e. The summed E-state index contributed by atoms with van der Waals surface area (Å²) in [5.41, 5.74) is 1.47. The molecule has 1 amide bonds. The zero-order valence-electron chi connectivity index (χ0n) is 18.0. The van der Waals surface area contributed by atoms with E-state index in [4.69, 9.17) is 9.15 Å². The van der Waals surface area contributed by atoms with Crippen LogP contribution in [0.25, 0.3) is 0 Å². The number of hydrogen-bond donors (Lipinski definition) is 4. The molecule has 1 unspecified atom stereocenters. The summed E-state index contributed by atoms with van der Waals surface area (Å²) in [4.78, 5) is 17.1. The largest absolute Gasteiger partial charge is 0.467 e. The lowest BCUT2D eigenvalue weighted by Crippen LogP contribution is -2.44. The van der Waals surface area contributed by atoms with Gasteiger partial charge in [-0.2, -0.15) is 0 Å². The number of aliphatic hydroxyl groups is 1. The number of amides is 1. The first kappa shape index (κ1) is 22.8. The number of guanidine groups is 1. The van der Waals surface area contributed by atoms with Crippen molar-refractivity contribution in [1.82, 2.24) is 16.0 Å². The Bertz CT molecular complexity index is 845. The molecule has 3 rings (SSSR count). The first-order valence-electron chi connectivity index (χ1n) is 10.7. The molecule has 1 saturated heterocycles. The fourth-order valence-corrected chi connectivity index (χ4v) is 3.59. The van der Waals surface area contributed by atoms with Gasteiger partial charge in [-0.3, -0.25) is 4.79 Å². The van der Waals surface area contributed by atoms with Gasteiger partial charge in [-0.25, -0.2) is 4.99 Å². The Balaban J connectivity index is 1.58. The number of aliphatic imine (C=N–C) groups is 1. The van der Waals surface area contributed by atoms with Crippen LogP contribution in [0.5, 0.6) is 0 Å². The molecule has 0 aliphatic carbocycles. The lowest BCUT2D eigenvalue weighted by Gasteiger charge is -2.27. The second-order valence-electron chi connectivity index (χ2n) is 7.79. The highest BCUT2D eigenvalue weighted by Crippen LogP contribution is 2.31. The van der Waals surface area contributed by atoms with Gasteiger partial charge in [0.2, 0.25) is 0 Å². The van der Waals surface area contributed by atoms with Crippen molar-refractivity contribution in [3.63, 3.8) is 0 Å². The number of rotatable bonds is 10. The molecule has 4 N–H and O–H groups in total. The number of carbonyl (C=O) groups is 1. The van der Waals surface area contributed by atoms with Crippen LogP contribution in [-0.4, -0.2) is 49.9 Å². The number of aliphatic hydroxyl groups excluding tert-OH is 1. The third kappa shape index (κ3) is 6.83. The SMILES string of the molecule is CCNC(=NCc1cccc(C(=O)NCc2ccco2)c1)NCC1(CCO)CCOC1. The van der Waals surface area contributed by atoms with Crippen molar-refractivity contribution in [2.24, 2.45) is 10.4 Å². The Morgan fingerprint density at radius 2 is 2.13 bits per heavy atom. The molecule has 1 atom stereocenters. The Morgan fingerprint density at radius 1 is 1.23 bits per heavy atom. The van der Waals surface area contributed by atoms with Gasteiger partial charge in [0, 0.05) is 37.3 Å². The average molecular weight is 429 g/mol. The highest BCUT2D eigenvalue weighted by atomic mass is 16.5. The van der Waals surface area contributed by atoms with Crippen molar-refractivity contribution < 1.29 is 19.1 Å². The van der Waals surface area contributed by atoms with Crippen LogP contribution >= 0.6 is 0 Å². The molecule has 0 saturated carbocycles. The summed E-state index contributed by atoms with van der Waals surface area (Å²) in [5, 5.41) is 18.9. The van der Waals surface area contributed by atoms with Crippen LogP contribution in [0.4, 0.5) is 0 Å². The first-order valence-corrected chi connectivity index (χ1v) is 10.7. The van der Waals surface area contributed by atoms with Gasteiger partial charge in [-0.15, -0.1) is 0 Å². The van der Waals surface area contributed by atoms with E-state index in [1.807, 2.05) is 31.2 Å². The van der Waals surface area contributed by atoms with Crippen molar-refractivity contribution in [2.75, 3.05) is 32.9 Å².